The molecule has 31 heavy (non-hydrogen) atoms. The Hall–Kier alpha value is -3.82. The number of imidazole rings is 1. The number of nitrogens with one attached hydrogen (secondary N) is 1. The molecule has 5 aromatic rings. The van der Waals surface area contributed by atoms with Crippen molar-refractivity contribution in [3.8, 4) is 0 Å². The molecule has 1 heterocycles. The van der Waals surface area contributed by atoms with Crippen LogP contribution in [-0.2, 0) is 0 Å². The Morgan fingerprint density at radius 1 is 0.613 bits per heavy atom. The summed E-state index contributed by atoms with van der Waals surface area (Å²) in [7, 11) is -2.40. The van der Waals surface area contributed by atoms with E-state index in [4.69, 9.17) is 5.20 Å². The van der Waals surface area contributed by atoms with E-state index in [-0.39, 0.29) is 0 Å². The van der Waals surface area contributed by atoms with Crippen LogP contribution < -0.4 is 15.9 Å². The summed E-state index contributed by atoms with van der Waals surface area (Å²) in [6, 6.07) is 38.8. The van der Waals surface area contributed by atoms with Gasteiger partial charge in [-0.3, -0.25) is 0 Å². The van der Waals surface area contributed by atoms with Crippen molar-refractivity contribution in [2.24, 2.45) is 10.3 Å². The molecule has 0 spiro atoms. The molecule has 1 aromatic heterocycles. The molecule has 150 valence electrons. The Labute approximate surface area is 181 Å². The van der Waals surface area contributed by atoms with Crippen molar-refractivity contribution in [3.05, 3.63) is 120 Å². The number of para-hydroxylation sites is 2. The lowest BCUT2D eigenvalue weighted by atomic mass is 10.3. The minimum absolute atomic E-state index is 0.442. The molecular weight excluding hydrogens is 401 g/mol. The molecule has 0 saturated heterocycles. The van der Waals surface area contributed by atoms with Crippen molar-refractivity contribution in [2.75, 3.05) is 0 Å². The van der Waals surface area contributed by atoms with Gasteiger partial charge in [-0.15, -0.1) is 0 Å². The second-order valence-corrected chi connectivity index (χ2v) is 10.00. The highest BCUT2D eigenvalue weighted by Gasteiger charge is 2.42. The van der Waals surface area contributed by atoms with E-state index < -0.39 is 7.41 Å². The summed E-state index contributed by atoms with van der Waals surface area (Å²) in [6.07, 6.45) is 0. The van der Waals surface area contributed by atoms with Gasteiger partial charge in [0.05, 0.1) is 11.0 Å². The topological polar surface area (TPSA) is 67.5 Å². The fourth-order valence-electron chi connectivity index (χ4n) is 3.64. The van der Waals surface area contributed by atoms with Gasteiger partial charge < -0.3 is 10.1 Å². The van der Waals surface area contributed by atoms with Crippen LogP contribution in [0.15, 0.2) is 126 Å². The summed E-state index contributed by atoms with van der Waals surface area (Å²) in [5, 5.41) is 17.0. The Morgan fingerprint density at radius 2 is 1.10 bits per heavy atom. The zero-order chi connectivity index (χ0) is 20.9. The van der Waals surface area contributed by atoms with Crippen LogP contribution in [0.25, 0.3) is 16.2 Å². The summed E-state index contributed by atoms with van der Waals surface area (Å²) in [5.74, 6) is 0.442. The molecule has 6 heteroatoms. The quantitative estimate of drug-likeness (QED) is 0.209. The molecule has 0 fully saturated rings. The Kier molecular flexibility index (Phi) is 5.26. The number of hydrogen-bond acceptors (Lipinski definition) is 3. The lowest BCUT2D eigenvalue weighted by Crippen LogP contribution is -2.29. The van der Waals surface area contributed by atoms with Crippen molar-refractivity contribution in [1.29, 1.82) is 0 Å². The van der Waals surface area contributed by atoms with Gasteiger partial charge in [0.2, 0.25) is 0 Å². The second-order valence-electron chi connectivity index (χ2n) is 7.00. The summed E-state index contributed by atoms with van der Waals surface area (Å²) in [4.78, 5) is 7.67. The third kappa shape index (κ3) is 3.72. The number of aromatic amines is 1. The molecule has 5 nitrogen and oxygen atoms in total. The molecule has 0 unspecified atom stereocenters. The van der Waals surface area contributed by atoms with Gasteiger partial charge in [0.15, 0.2) is 7.41 Å². The largest absolute Gasteiger partial charge is 0.340 e. The molecule has 0 aliphatic carbocycles. The first kappa shape index (κ1) is 19.2. The molecule has 0 aliphatic rings. The monoisotopic (exact) mass is 421 g/mol. The Morgan fingerprint density at radius 3 is 1.61 bits per heavy atom. The van der Waals surface area contributed by atoms with Crippen molar-refractivity contribution in [1.82, 2.24) is 9.97 Å². The van der Waals surface area contributed by atoms with Crippen molar-refractivity contribution < 1.29 is 0 Å². The molecule has 5 rings (SSSR count). The zero-order valence-electron chi connectivity index (χ0n) is 16.7. The van der Waals surface area contributed by atoms with Crippen LogP contribution in [0.1, 0.15) is 0 Å². The van der Waals surface area contributed by atoms with Gasteiger partial charge in [0, 0.05) is 0 Å². The van der Waals surface area contributed by atoms with Gasteiger partial charge in [-0.2, -0.15) is 0 Å². The summed E-state index contributed by atoms with van der Waals surface area (Å²) in [5.41, 5.74) is 1.78. The van der Waals surface area contributed by atoms with E-state index >= 15 is 0 Å². The third-order valence-electron chi connectivity index (χ3n) is 5.08. The summed E-state index contributed by atoms with van der Waals surface area (Å²) in [6.45, 7) is 0. The normalized spacial score (nSPS) is 11.7. The average Bonchev–Trinajstić information content (AvgIpc) is 3.26. The number of aromatic nitrogens is 2. The van der Waals surface area contributed by atoms with Crippen LogP contribution in [0.2, 0.25) is 0 Å². The van der Waals surface area contributed by atoms with Crippen molar-refractivity contribution in [2.45, 2.75) is 0 Å². The van der Waals surface area contributed by atoms with Gasteiger partial charge in [-0.25, -0.2) is 15.4 Å². The highest BCUT2D eigenvalue weighted by atomic mass is 31.2. The lowest BCUT2D eigenvalue weighted by molar-refractivity contribution is 1.12. The smallest absolute Gasteiger partial charge is 0.158 e. The standard InChI is InChI=1S/C25H20N5P/c1-4-12-20(13-5-1)31(21-14-6-2-7-15-21,22-16-8-3-9-17-22)30-29-28-25-26-23-18-10-11-19-24(23)27-25/h1-19H,(H,26,27)/b29-28+. The van der Waals surface area contributed by atoms with E-state index in [0.717, 1.165) is 26.9 Å². The van der Waals surface area contributed by atoms with E-state index in [2.05, 4.69) is 56.7 Å². The Balaban J connectivity index is 1.62. The zero-order valence-corrected chi connectivity index (χ0v) is 17.6. The maximum Gasteiger partial charge on any atom is 0.158 e. The Bertz CT molecular complexity index is 1170. The minimum atomic E-state index is -2.40. The number of nitrogens with zero attached hydrogens (tertiary/aromatic N) is 4. The van der Waals surface area contributed by atoms with Crippen LogP contribution >= 0.6 is 7.41 Å². The van der Waals surface area contributed by atoms with E-state index in [1.165, 1.54) is 0 Å². The first-order valence-corrected chi connectivity index (χ1v) is 11.7. The van der Waals surface area contributed by atoms with Crippen LogP contribution in [-0.4, -0.2) is 9.97 Å². The molecule has 0 radical (unpaired) electrons. The van der Waals surface area contributed by atoms with Crippen LogP contribution in [0.4, 0.5) is 5.95 Å². The fourth-order valence-corrected chi connectivity index (χ4v) is 6.82. The average molecular weight is 421 g/mol. The number of rotatable bonds is 6. The molecule has 4 aromatic carbocycles. The van der Waals surface area contributed by atoms with Crippen molar-refractivity contribution in [3.63, 3.8) is 0 Å². The maximum absolute atomic E-state index is 4.94. The predicted octanol–water partition coefficient (Wildman–Crippen LogP) is 5.84. The van der Waals surface area contributed by atoms with Crippen LogP contribution in [0.3, 0.4) is 0 Å². The third-order valence-corrected chi connectivity index (χ3v) is 8.56. The number of hydrogen-bond donors (Lipinski definition) is 1. The van der Waals surface area contributed by atoms with E-state index in [9.17, 15) is 0 Å². The van der Waals surface area contributed by atoms with Gasteiger partial charge in [0.25, 0.3) is 0 Å². The second kappa shape index (κ2) is 8.50. The predicted molar refractivity (Wildman–Crippen MR) is 129 cm³/mol. The minimum Gasteiger partial charge on any atom is -0.340 e. The van der Waals surface area contributed by atoms with E-state index in [0.29, 0.717) is 5.95 Å². The first-order valence-electron chi connectivity index (χ1n) is 10.0. The van der Waals surface area contributed by atoms with Crippen LogP contribution in [0, 0.1) is 0 Å². The molecule has 0 bridgehead atoms. The molecule has 0 saturated carbocycles. The van der Waals surface area contributed by atoms with Gasteiger partial charge >= 0.3 is 0 Å². The fraction of sp³-hybridized carbons (Fsp3) is 0. The first-order chi connectivity index (χ1) is 15.4. The maximum atomic E-state index is 4.94. The molecular formula is C25H20N5P. The lowest BCUT2D eigenvalue weighted by Gasteiger charge is -2.29. The molecule has 1 N–H and O–H groups in total. The highest BCUT2D eigenvalue weighted by molar-refractivity contribution is 7.97. The number of fused-ring (bicyclic) bond motifs is 1. The van der Waals surface area contributed by atoms with E-state index in [1.807, 2.05) is 78.9 Å². The van der Waals surface area contributed by atoms with Gasteiger partial charge in [0.1, 0.15) is 21.9 Å². The van der Waals surface area contributed by atoms with Crippen LogP contribution in [0.5, 0.6) is 0 Å². The van der Waals surface area contributed by atoms with E-state index in [1.54, 1.807) is 0 Å². The summed E-state index contributed by atoms with van der Waals surface area (Å²) >= 11 is 0. The molecule has 0 atom stereocenters. The summed E-state index contributed by atoms with van der Waals surface area (Å²) < 4.78 is 0. The van der Waals surface area contributed by atoms with Gasteiger partial charge in [-0.05, 0) is 48.5 Å². The number of benzene rings is 4. The SMILES string of the molecule is c1ccc([P+]([N-]/N=N/c2nc3ccccc3[nH]2)(c2ccccc2)c2ccccc2)cc1. The van der Waals surface area contributed by atoms with Crippen molar-refractivity contribution >= 4 is 40.3 Å². The molecule has 0 aliphatic heterocycles. The highest BCUT2D eigenvalue weighted by Crippen LogP contribution is 2.61. The number of H-pyrrole nitrogens is 1. The van der Waals surface area contributed by atoms with Gasteiger partial charge in [-0.1, -0.05) is 66.7 Å². The molecule has 0 amide bonds.